The first-order valence-corrected chi connectivity index (χ1v) is 9.15. The fraction of sp³-hybridized carbons (Fsp3) is 0.250. The van der Waals surface area contributed by atoms with Gasteiger partial charge in [-0.05, 0) is 38.2 Å². The molecule has 0 aliphatic heterocycles. The molecule has 0 unspecified atom stereocenters. The van der Waals surface area contributed by atoms with E-state index < -0.39 is 0 Å². The van der Waals surface area contributed by atoms with Crippen molar-refractivity contribution >= 4 is 55.5 Å². The minimum Gasteiger partial charge on any atom is -0.301 e. The Balaban J connectivity index is 1.64. The Morgan fingerprint density at radius 2 is 2.09 bits per heavy atom. The number of rotatable bonds is 5. The number of nitrogens with one attached hydrogen (secondary N) is 1. The molecular weight excluding hydrogens is 350 g/mol. The molecule has 0 saturated carbocycles. The molecule has 0 aliphatic carbocycles. The summed E-state index contributed by atoms with van der Waals surface area (Å²) < 4.78 is 1.83. The molecule has 0 bridgehead atoms. The molecule has 0 spiro atoms. The number of benzene rings is 1. The van der Waals surface area contributed by atoms with Crippen LogP contribution in [0.1, 0.15) is 11.8 Å². The van der Waals surface area contributed by atoms with Gasteiger partial charge in [0, 0.05) is 11.4 Å². The Kier molecular flexibility index (Phi) is 4.96. The van der Waals surface area contributed by atoms with Crippen LogP contribution in [0.5, 0.6) is 0 Å². The van der Waals surface area contributed by atoms with Gasteiger partial charge in [0.25, 0.3) is 0 Å². The Bertz CT molecular complexity index is 796. The zero-order valence-electron chi connectivity index (χ0n) is 12.7. The van der Waals surface area contributed by atoms with E-state index in [2.05, 4.69) is 10.3 Å². The van der Waals surface area contributed by atoms with Gasteiger partial charge in [-0.15, -0.1) is 11.3 Å². The van der Waals surface area contributed by atoms with Crippen LogP contribution in [0.3, 0.4) is 0 Å². The average Bonchev–Trinajstić information content (AvgIpc) is 3.11. The normalized spacial score (nSPS) is 12.7. The summed E-state index contributed by atoms with van der Waals surface area (Å²) in [5.41, 5.74) is 0.905. The van der Waals surface area contributed by atoms with Gasteiger partial charge in [0.2, 0.25) is 5.91 Å². The lowest BCUT2D eigenvalue weighted by Gasteiger charge is -2.22. The second-order valence-electron chi connectivity index (χ2n) is 5.27. The molecule has 120 valence electrons. The van der Waals surface area contributed by atoms with Crippen LogP contribution in [0.4, 0.5) is 5.13 Å². The Labute approximate surface area is 147 Å². The number of hydrogen-bond donors (Lipinski definition) is 1. The molecule has 7 heteroatoms. The van der Waals surface area contributed by atoms with Gasteiger partial charge in [0.05, 0.1) is 20.6 Å². The van der Waals surface area contributed by atoms with E-state index in [1.807, 2.05) is 55.3 Å². The number of amides is 1. The fourth-order valence-corrected chi connectivity index (χ4v) is 4.18. The molecule has 23 heavy (non-hydrogen) atoms. The summed E-state index contributed by atoms with van der Waals surface area (Å²) in [4.78, 5) is 20.0. The highest BCUT2D eigenvalue weighted by atomic mass is 35.5. The van der Waals surface area contributed by atoms with Crippen molar-refractivity contribution in [3.05, 3.63) is 45.6 Å². The predicted octanol–water partition coefficient (Wildman–Crippen LogP) is 4.47. The van der Waals surface area contributed by atoms with Crippen molar-refractivity contribution in [3.8, 4) is 0 Å². The molecular formula is C16H16ClN3OS2. The van der Waals surface area contributed by atoms with Gasteiger partial charge >= 0.3 is 0 Å². The molecule has 1 aromatic carbocycles. The van der Waals surface area contributed by atoms with Gasteiger partial charge in [-0.25, -0.2) is 4.98 Å². The zero-order valence-corrected chi connectivity index (χ0v) is 15.1. The van der Waals surface area contributed by atoms with E-state index in [0.717, 1.165) is 19.4 Å². The van der Waals surface area contributed by atoms with Crippen LogP contribution in [0.2, 0.25) is 4.34 Å². The number of carbonyl (C=O) groups is 1. The lowest BCUT2D eigenvalue weighted by molar-refractivity contribution is -0.120. The number of halogens is 1. The first-order valence-electron chi connectivity index (χ1n) is 7.14. The number of hydrogen-bond acceptors (Lipinski definition) is 5. The largest absolute Gasteiger partial charge is 0.301 e. The molecule has 0 radical (unpaired) electrons. The van der Waals surface area contributed by atoms with Gasteiger partial charge < -0.3 is 5.32 Å². The second kappa shape index (κ2) is 6.97. The van der Waals surface area contributed by atoms with Crippen molar-refractivity contribution in [2.45, 2.75) is 19.5 Å². The van der Waals surface area contributed by atoms with E-state index in [9.17, 15) is 4.79 Å². The molecule has 3 rings (SSSR count). The maximum absolute atomic E-state index is 12.4. The molecule has 1 atom stereocenters. The van der Waals surface area contributed by atoms with E-state index in [4.69, 9.17) is 11.6 Å². The van der Waals surface area contributed by atoms with E-state index in [0.29, 0.717) is 11.7 Å². The molecule has 0 fully saturated rings. The van der Waals surface area contributed by atoms with Gasteiger partial charge in [-0.1, -0.05) is 35.1 Å². The van der Waals surface area contributed by atoms with Crippen molar-refractivity contribution in [2.24, 2.45) is 0 Å². The topological polar surface area (TPSA) is 45.2 Å². The Morgan fingerprint density at radius 1 is 1.30 bits per heavy atom. The standard InChI is InChI=1S/C16H16ClN3OS2/c1-10(20(2)9-11-7-8-14(17)22-11)15(21)19-16-18-12-5-3-4-6-13(12)23-16/h3-8,10H,9H2,1-2H3,(H,18,19,21)/t10-/m0/s1. The van der Waals surface area contributed by atoms with Crippen molar-refractivity contribution in [2.75, 3.05) is 12.4 Å². The summed E-state index contributed by atoms with van der Waals surface area (Å²) in [7, 11) is 1.93. The molecule has 4 nitrogen and oxygen atoms in total. The third-order valence-electron chi connectivity index (χ3n) is 3.60. The van der Waals surface area contributed by atoms with E-state index >= 15 is 0 Å². The summed E-state index contributed by atoms with van der Waals surface area (Å²) in [5.74, 6) is -0.0609. The highest BCUT2D eigenvalue weighted by Gasteiger charge is 2.20. The van der Waals surface area contributed by atoms with Gasteiger partial charge in [-0.2, -0.15) is 0 Å². The number of thiophene rings is 1. The molecule has 1 N–H and O–H groups in total. The number of likely N-dealkylation sites (N-methyl/N-ethyl adjacent to an activating group) is 1. The molecule has 2 aromatic heterocycles. The van der Waals surface area contributed by atoms with Crippen LogP contribution < -0.4 is 5.32 Å². The van der Waals surface area contributed by atoms with E-state index in [1.54, 1.807) is 0 Å². The monoisotopic (exact) mass is 365 g/mol. The first kappa shape index (κ1) is 16.4. The fourth-order valence-electron chi connectivity index (χ4n) is 2.16. The molecule has 1 amide bonds. The zero-order chi connectivity index (χ0) is 16.4. The van der Waals surface area contributed by atoms with Crippen molar-refractivity contribution in [3.63, 3.8) is 0 Å². The minimum absolute atomic E-state index is 0.0609. The number of para-hydroxylation sites is 1. The van der Waals surface area contributed by atoms with Crippen LogP contribution >= 0.6 is 34.3 Å². The number of fused-ring (bicyclic) bond motifs is 1. The van der Waals surface area contributed by atoms with E-state index in [1.165, 1.54) is 22.7 Å². The number of nitrogens with zero attached hydrogens (tertiary/aromatic N) is 2. The summed E-state index contributed by atoms with van der Waals surface area (Å²) >= 11 is 8.96. The number of anilines is 1. The third kappa shape index (κ3) is 3.90. The van der Waals surface area contributed by atoms with Crippen LogP contribution in [-0.4, -0.2) is 28.9 Å². The van der Waals surface area contributed by atoms with Crippen LogP contribution in [0.15, 0.2) is 36.4 Å². The molecule has 3 aromatic rings. The lowest BCUT2D eigenvalue weighted by atomic mass is 10.2. The highest BCUT2D eigenvalue weighted by Crippen LogP contribution is 2.26. The van der Waals surface area contributed by atoms with Gasteiger partial charge in [0.15, 0.2) is 5.13 Å². The molecule has 0 saturated heterocycles. The first-order chi connectivity index (χ1) is 11.0. The quantitative estimate of drug-likeness (QED) is 0.725. The van der Waals surface area contributed by atoms with E-state index in [-0.39, 0.29) is 11.9 Å². The van der Waals surface area contributed by atoms with Crippen LogP contribution in [0, 0.1) is 0 Å². The smallest absolute Gasteiger partial charge is 0.243 e. The number of aromatic nitrogens is 1. The maximum Gasteiger partial charge on any atom is 0.243 e. The maximum atomic E-state index is 12.4. The summed E-state index contributed by atoms with van der Waals surface area (Å²) in [6, 6.07) is 11.5. The summed E-state index contributed by atoms with van der Waals surface area (Å²) in [6.45, 7) is 2.57. The van der Waals surface area contributed by atoms with Gasteiger partial charge in [-0.3, -0.25) is 9.69 Å². The van der Waals surface area contributed by atoms with Gasteiger partial charge in [0.1, 0.15) is 0 Å². The average molecular weight is 366 g/mol. The molecule has 2 heterocycles. The SMILES string of the molecule is C[C@@H](C(=O)Nc1nc2ccccc2s1)N(C)Cc1ccc(Cl)s1. The van der Waals surface area contributed by atoms with Crippen molar-refractivity contribution < 1.29 is 4.79 Å². The number of carbonyl (C=O) groups excluding carboxylic acids is 1. The lowest BCUT2D eigenvalue weighted by Crippen LogP contribution is -2.39. The summed E-state index contributed by atoms with van der Waals surface area (Å²) in [6.07, 6.45) is 0. The second-order valence-corrected chi connectivity index (χ2v) is 8.10. The van der Waals surface area contributed by atoms with Crippen LogP contribution in [0.25, 0.3) is 10.2 Å². The Hall–Kier alpha value is -1.47. The number of thiazole rings is 1. The third-order valence-corrected chi connectivity index (χ3v) is 5.77. The van der Waals surface area contributed by atoms with Crippen LogP contribution in [-0.2, 0) is 11.3 Å². The predicted molar refractivity (Wildman–Crippen MR) is 98.5 cm³/mol. The van der Waals surface area contributed by atoms with Crippen molar-refractivity contribution in [1.82, 2.24) is 9.88 Å². The Morgan fingerprint density at radius 3 is 2.78 bits per heavy atom. The highest BCUT2D eigenvalue weighted by molar-refractivity contribution is 7.22. The summed E-state index contributed by atoms with van der Waals surface area (Å²) in [5, 5.41) is 3.54. The molecule has 0 aliphatic rings. The minimum atomic E-state index is -0.261. The van der Waals surface area contributed by atoms with Crippen molar-refractivity contribution in [1.29, 1.82) is 0 Å².